The van der Waals surface area contributed by atoms with Crippen molar-refractivity contribution in [3.63, 3.8) is 0 Å². The van der Waals surface area contributed by atoms with Gasteiger partial charge in [0.05, 0.1) is 18.2 Å². The maximum atomic E-state index is 12.1. The molecule has 2 N–H and O–H groups in total. The van der Waals surface area contributed by atoms with Crippen LogP contribution < -0.4 is 10.5 Å². The lowest BCUT2D eigenvalue weighted by molar-refractivity contribution is -0.0500. The van der Waals surface area contributed by atoms with Crippen LogP contribution >= 0.6 is 0 Å². The van der Waals surface area contributed by atoms with E-state index < -0.39 is 12.6 Å². The highest BCUT2D eigenvalue weighted by molar-refractivity contribution is 5.92. The quantitative estimate of drug-likeness (QED) is 0.823. The second-order valence-electron chi connectivity index (χ2n) is 3.15. The number of methoxy groups -OCH3 is 1. The first kappa shape index (κ1) is 13.9. The molecule has 0 unspecified atom stereocenters. The number of nitrogens with zero attached hydrogens (tertiary/aromatic N) is 1. The molecule has 0 amide bonds. The van der Waals surface area contributed by atoms with Crippen LogP contribution in [0.15, 0.2) is 12.1 Å². The number of esters is 1. The number of hydrogen-bond donors (Lipinski definition) is 1. The maximum absolute atomic E-state index is 12.1. The van der Waals surface area contributed by atoms with Gasteiger partial charge in [-0.25, -0.2) is 4.79 Å². The third-order valence-corrected chi connectivity index (χ3v) is 2.21. The normalized spacial score (nSPS) is 10.0. The second-order valence-corrected chi connectivity index (χ2v) is 3.15. The zero-order valence-corrected chi connectivity index (χ0v) is 9.44. The van der Waals surface area contributed by atoms with Gasteiger partial charge in [-0.1, -0.05) is 0 Å². The van der Waals surface area contributed by atoms with Crippen molar-refractivity contribution in [1.29, 1.82) is 5.26 Å². The lowest BCUT2D eigenvalue weighted by Gasteiger charge is -2.12. The zero-order chi connectivity index (χ0) is 13.7. The van der Waals surface area contributed by atoms with E-state index in [0.29, 0.717) is 0 Å². The number of carbonyl (C=O) groups excluding carboxylic acids is 1. The van der Waals surface area contributed by atoms with Crippen LogP contribution in [0.4, 0.5) is 8.78 Å². The molecular weight excluding hydrogens is 246 g/mol. The molecule has 0 saturated carbocycles. The molecule has 0 spiro atoms. The SMILES string of the molecule is COC(=O)c1ccc(OC(F)F)c(C#N)c1CN. The number of nitrogens with two attached hydrogens (primary N) is 1. The molecule has 0 bridgehead atoms. The molecule has 1 rings (SSSR count). The van der Waals surface area contributed by atoms with E-state index >= 15 is 0 Å². The topological polar surface area (TPSA) is 85.3 Å². The molecule has 0 aliphatic carbocycles. The highest BCUT2D eigenvalue weighted by atomic mass is 19.3. The number of hydrogen-bond acceptors (Lipinski definition) is 5. The molecule has 0 fully saturated rings. The van der Waals surface area contributed by atoms with E-state index in [0.717, 1.165) is 13.2 Å². The third-order valence-electron chi connectivity index (χ3n) is 2.21. The van der Waals surface area contributed by atoms with E-state index in [2.05, 4.69) is 9.47 Å². The molecule has 1 aromatic rings. The third kappa shape index (κ3) is 2.73. The minimum atomic E-state index is -3.06. The molecule has 18 heavy (non-hydrogen) atoms. The lowest BCUT2D eigenvalue weighted by atomic mass is 10.0. The lowest BCUT2D eigenvalue weighted by Crippen LogP contribution is -2.13. The molecule has 0 aliphatic rings. The molecule has 7 heteroatoms. The summed E-state index contributed by atoms with van der Waals surface area (Å²) in [5.41, 5.74) is 5.39. The predicted molar refractivity (Wildman–Crippen MR) is 57.0 cm³/mol. The number of ether oxygens (including phenoxy) is 2. The fourth-order valence-electron chi connectivity index (χ4n) is 1.46. The maximum Gasteiger partial charge on any atom is 0.387 e. The highest BCUT2D eigenvalue weighted by Crippen LogP contribution is 2.26. The minimum Gasteiger partial charge on any atom is -0.465 e. The molecule has 0 atom stereocenters. The van der Waals surface area contributed by atoms with Crippen molar-refractivity contribution in [3.8, 4) is 11.8 Å². The molecule has 1 aromatic carbocycles. The summed E-state index contributed by atoms with van der Waals surface area (Å²) in [6.07, 6.45) is 0. The average Bonchev–Trinajstić information content (AvgIpc) is 2.36. The summed E-state index contributed by atoms with van der Waals surface area (Å²) in [7, 11) is 1.16. The number of alkyl halides is 2. The average molecular weight is 256 g/mol. The predicted octanol–water partition coefficient (Wildman–Crippen LogP) is 1.40. The van der Waals surface area contributed by atoms with Crippen molar-refractivity contribution < 1.29 is 23.0 Å². The van der Waals surface area contributed by atoms with Crippen molar-refractivity contribution in [2.75, 3.05) is 7.11 Å². The van der Waals surface area contributed by atoms with Gasteiger partial charge in [0.25, 0.3) is 0 Å². The molecule has 5 nitrogen and oxygen atoms in total. The van der Waals surface area contributed by atoms with Crippen LogP contribution in [0.1, 0.15) is 21.5 Å². The van der Waals surface area contributed by atoms with E-state index in [-0.39, 0.29) is 29.0 Å². The zero-order valence-electron chi connectivity index (χ0n) is 9.44. The van der Waals surface area contributed by atoms with Crippen molar-refractivity contribution >= 4 is 5.97 Å². The van der Waals surface area contributed by atoms with Crippen LogP contribution in [-0.2, 0) is 11.3 Å². The summed E-state index contributed by atoms with van der Waals surface area (Å²) >= 11 is 0. The molecular formula is C11H10F2N2O3. The van der Waals surface area contributed by atoms with E-state index in [4.69, 9.17) is 11.0 Å². The molecule has 0 aliphatic heterocycles. The minimum absolute atomic E-state index is 0.0539. The van der Waals surface area contributed by atoms with Gasteiger partial charge in [-0.15, -0.1) is 0 Å². The Balaban J connectivity index is 3.37. The van der Waals surface area contributed by atoms with Crippen molar-refractivity contribution in [2.24, 2.45) is 5.73 Å². The molecule has 0 saturated heterocycles. The fraction of sp³-hybridized carbons (Fsp3) is 0.273. The molecule has 0 aromatic heterocycles. The fourth-order valence-corrected chi connectivity index (χ4v) is 1.46. The monoisotopic (exact) mass is 256 g/mol. The summed E-state index contributed by atoms with van der Waals surface area (Å²) in [6.45, 7) is -3.24. The number of halogens is 2. The second kappa shape index (κ2) is 5.93. The first-order valence-corrected chi connectivity index (χ1v) is 4.84. The van der Waals surface area contributed by atoms with E-state index in [1.807, 2.05) is 0 Å². The van der Waals surface area contributed by atoms with E-state index in [9.17, 15) is 13.6 Å². The number of nitriles is 1. The van der Waals surface area contributed by atoms with Crippen LogP contribution in [0.5, 0.6) is 5.75 Å². The first-order chi connectivity index (χ1) is 8.54. The van der Waals surface area contributed by atoms with Crippen molar-refractivity contribution in [2.45, 2.75) is 13.2 Å². The van der Waals surface area contributed by atoms with Gasteiger partial charge in [-0.05, 0) is 12.1 Å². The Bertz CT molecular complexity index is 498. The van der Waals surface area contributed by atoms with Gasteiger partial charge in [0.1, 0.15) is 11.8 Å². The first-order valence-electron chi connectivity index (χ1n) is 4.84. The van der Waals surface area contributed by atoms with Crippen LogP contribution in [-0.4, -0.2) is 19.7 Å². The summed E-state index contributed by atoms with van der Waals surface area (Å²) in [6, 6.07) is 4.03. The number of rotatable bonds is 4. The molecule has 0 radical (unpaired) electrons. The molecule has 96 valence electrons. The van der Waals surface area contributed by atoms with Gasteiger partial charge in [-0.2, -0.15) is 14.0 Å². The Morgan fingerprint density at radius 3 is 2.67 bits per heavy atom. The summed E-state index contributed by atoms with van der Waals surface area (Å²) in [5, 5.41) is 8.94. The van der Waals surface area contributed by atoms with Gasteiger partial charge in [0, 0.05) is 12.1 Å². The van der Waals surface area contributed by atoms with Gasteiger partial charge in [0.2, 0.25) is 0 Å². The Labute approximate surface area is 102 Å². The van der Waals surface area contributed by atoms with Gasteiger partial charge < -0.3 is 15.2 Å². The van der Waals surface area contributed by atoms with Gasteiger partial charge in [-0.3, -0.25) is 0 Å². The summed E-state index contributed by atoms with van der Waals surface area (Å²) in [5.74, 6) is -1.02. The van der Waals surface area contributed by atoms with E-state index in [1.165, 1.54) is 6.07 Å². The largest absolute Gasteiger partial charge is 0.465 e. The Hall–Kier alpha value is -2.20. The van der Waals surface area contributed by atoms with Crippen LogP contribution in [0.2, 0.25) is 0 Å². The number of benzene rings is 1. The summed E-state index contributed by atoms with van der Waals surface area (Å²) < 4.78 is 33.0. The Morgan fingerprint density at radius 2 is 2.22 bits per heavy atom. The van der Waals surface area contributed by atoms with E-state index in [1.54, 1.807) is 6.07 Å². The van der Waals surface area contributed by atoms with Gasteiger partial charge in [0.15, 0.2) is 0 Å². The summed E-state index contributed by atoms with van der Waals surface area (Å²) in [4.78, 5) is 11.4. The molecule has 0 heterocycles. The Kier molecular flexibility index (Phi) is 4.57. The van der Waals surface area contributed by atoms with Crippen molar-refractivity contribution in [3.05, 3.63) is 28.8 Å². The number of carbonyl (C=O) groups is 1. The van der Waals surface area contributed by atoms with Crippen molar-refractivity contribution in [1.82, 2.24) is 0 Å². The van der Waals surface area contributed by atoms with Gasteiger partial charge >= 0.3 is 12.6 Å². The Morgan fingerprint density at radius 1 is 1.56 bits per heavy atom. The van der Waals surface area contributed by atoms with Crippen LogP contribution in [0.3, 0.4) is 0 Å². The highest BCUT2D eigenvalue weighted by Gasteiger charge is 2.20. The van der Waals surface area contributed by atoms with Crippen LogP contribution in [0, 0.1) is 11.3 Å². The smallest absolute Gasteiger partial charge is 0.387 e. The standard InChI is InChI=1S/C11H10F2N2O3/c1-17-10(16)6-2-3-9(18-11(12)13)8(5-15)7(6)4-14/h2-3,11H,4,14H2,1H3. The van der Waals surface area contributed by atoms with Crippen LogP contribution in [0.25, 0.3) is 0 Å².